The van der Waals surface area contributed by atoms with Crippen molar-refractivity contribution in [3.63, 3.8) is 0 Å². The monoisotopic (exact) mass is 279 g/mol. The van der Waals surface area contributed by atoms with Gasteiger partial charge >= 0.3 is 0 Å². The van der Waals surface area contributed by atoms with Crippen molar-refractivity contribution in [1.82, 2.24) is 15.5 Å². The first-order valence-electron chi connectivity index (χ1n) is 8.19. The summed E-state index contributed by atoms with van der Waals surface area (Å²) in [5, 5.41) is 7.72. The Morgan fingerprint density at radius 3 is 2.70 bits per heavy atom. The smallest absolute Gasteiger partial charge is 0.228 e. The van der Waals surface area contributed by atoms with Gasteiger partial charge in [-0.25, -0.2) is 0 Å². The van der Waals surface area contributed by atoms with E-state index in [4.69, 9.17) is 4.52 Å². The maximum atomic E-state index is 5.47. The van der Waals surface area contributed by atoms with Crippen LogP contribution in [0, 0.1) is 11.8 Å². The Kier molecular flexibility index (Phi) is 5.58. The summed E-state index contributed by atoms with van der Waals surface area (Å²) >= 11 is 0. The molecule has 0 spiro atoms. The first-order chi connectivity index (χ1) is 9.63. The molecule has 1 N–H and O–H groups in total. The van der Waals surface area contributed by atoms with Gasteiger partial charge in [-0.15, -0.1) is 0 Å². The van der Waals surface area contributed by atoms with Gasteiger partial charge in [0.1, 0.15) is 0 Å². The molecule has 1 aromatic rings. The lowest BCUT2D eigenvalue weighted by Gasteiger charge is -2.19. The van der Waals surface area contributed by atoms with Gasteiger partial charge < -0.3 is 9.84 Å². The van der Waals surface area contributed by atoms with E-state index in [0.29, 0.717) is 17.9 Å². The van der Waals surface area contributed by atoms with Gasteiger partial charge in [0.25, 0.3) is 0 Å². The van der Waals surface area contributed by atoms with Crippen molar-refractivity contribution >= 4 is 0 Å². The Morgan fingerprint density at radius 1 is 1.30 bits per heavy atom. The van der Waals surface area contributed by atoms with Crippen LogP contribution in [0.25, 0.3) is 0 Å². The van der Waals surface area contributed by atoms with E-state index < -0.39 is 0 Å². The summed E-state index contributed by atoms with van der Waals surface area (Å²) in [5.41, 5.74) is 0. The van der Waals surface area contributed by atoms with Gasteiger partial charge in [0.15, 0.2) is 5.82 Å². The Bertz CT molecular complexity index is 402. The standard InChI is InChI=1S/C16H29N3O/c1-5-12-7-8-13(9-12)16-18-15(20-19-16)10-14(11(3)4)17-6-2/h11-14,17H,5-10H2,1-4H3. The first-order valence-corrected chi connectivity index (χ1v) is 8.19. The molecule has 1 aliphatic carbocycles. The van der Waals surface area contributed by atoms with Crippen LogP contribution in [-0.2, 0) is 6.42 Å². The molecule has 0 radical (unpaired) electrons. The highest BCUT2D eigenvalue weighted by Gasteiger charge is 2.28. The number of aromatic nitrogens is 2. The molecular weight excluding hydrogens is 250 g/mol. The average molecular weight is 279 g/mol. The van der Waals surface area contributed by atoms with Crippen molar-refractivity contribution in [1.29, 1.82) is 0 Å². The van der Waals surface area contributed by atoms with Crippen LogP contribution in [0.4, 0.5) is 0 Å². The van der Waals surface area contributed by atoms with Gasteiger partial charge in [-0.3, -0.25) is 0 Å². The second kappa shape index (κ2) is 7.21. The number of rotatable bonds is 7. The number of hydrogen-bond acceptors (Lipinski definition) is 4. The largest absolute Gasteiger partial charge is 0.339 e. The molecule has 1 saturated carbocycles. The van der Waals surface area contributed by atoms with Crippen molar-refractivity contribution in [2.75, 3.05) is 6.54 Å². The lowest BCUT2D eigenvalue weighted by Crippen LogP contribution is -2.35. The second-order valence-electron chi connectivity index (χ2n) is 6.44. The molecule has 2 rings (SSSR count). The minimum atomic E-state index is 0.417. The first kappa shape index (κ1) is 15.5. The topological polar surface area (TPSA) is 51.0 Å². The predicted molar refractivity (Wildman–Crippen MR) is 80.7 cm³/mol. The van der Waals surface area contributed by atoms with Crippen LogP contribution >= 0.6 is 0 Å². The van der Waals surface area contributed by atoms with Crippen molar-refractivity contribution < 1.29 is 4.52 Å². The Morgan fingerprint density at radius 2 is 2.10 bits per heavy atom. The summed E-state index contributed by atoms with van der Waals surface area (Å²) in [4.78, 5) is 4.65. The van der Waals surface area contributed by atoms with E-state index in [1.165, 1.54) is 25.7 Å². The molecule has 4 nitrogen and oxygen atoms in total. The van der Waals surface area contributed by atoms with Crippen molar-refractivity contribution in [2.24, 2.45) is 11.8 Å². The third kappa shape index (κ3) is 3.81. The molecule has 3 atom stereocenters. The Hall–Kier alpha value is -0.900. The van der Waals surface area contributed by atoms with E-state index in [-0.39, 0.29) is 0 Å². The van der Waals surface area contributed by atoms with E-state index in [1.54, 1.807) is 0 Å². The molecule has 0 bridgehead atoms. The van der Waals surface area contributed by atoms with Crippen LogP contribution in [0.15, 0.2) is 4.52 Å². The minimum Gasteiger partial charge on any atom is -0.339 e. The summed E-state index contributed by atoms with van der Waals surface area (Å²) < 4.78 is 5.47. The minimum absolute atomic E-state index is 0.417. The lowest BCUT2D eigenvalue weighted by atomic mass is 10.0. The molecule has 0 saturated heterocycles. The van der Waals surface area contributed by atoms with E-state index in [0.717, 1.165) is 30.6 Å². The summed E-state index contributed by atoms with van der Waals surface area (Å²) in [7, 11) is 0. The zero-order valence-electron chi connectivity index (χ0n) is 13.4. The number of nitrogens with zero attached hydrogens (tertiary/aromatic N) is 2. The van der Waals surface area contributed by atoms with E-state index in [9.17, 15) is 0 Å². The van der Waals surface area contributed by atoms with Crippen LogP contribution in [0.5, 0.6) is 0 Å². The van der Waals surface area contributed by atoms with Crippen molar-refractivity contribution in [2.45, 2.75) is 71.8 Å². The molecule has 114 valence electrons. The fraction of sp³-hybridized carbons (Fsp3) is 0.875. The summed E-state index contributed by atoms with van der Waals surface area (Å²) in [5.74, 6) is 3.68. The van der Waals surface area contributed by atoms with Gasteiger partial charge in [0.2, 0.25) is 5.89 Å². The summed E-state index contributed by atoms with van der Waals surface area (Å²) in [6.45, 7) is 9.85. The van der Waals surface area contributed by atoms with E-state index in [2.05, 4.69) is 43.2 Å². The van der Waals surface area contributed by atoms with Gasteiger partial charge in [-0.1, -0.05) is 39.3 Å². The van der Waals surface area contributed by atoms with E-state index >= 15 is 0 Å². The third-order valence-electron chi connectivity index (χ3n) is 4.63. The quantitative estimate of drug-likeness (QED) is 0.829. The number of nitrogens with one attached hydrogen (secondary N) is 1. The van der Waals surface area contributed by atoms with Crippen LogP contribution in [-0.4, -0.2) is 22.7 Å². The molecule has 4 heteroatoms. The van der Waals surface area contributed by atoms with Crippen LogP contribution in [0.1, 0.15) is 71.0 Å². The molecule has 1 aliphatic rings. The Labute approximate surface area is 122 Å². The molecular formula is C16H29N3O. The van der Waals surface area contributed by atoms with Gasteiger partial charge in [0, 0.05) is 18.4 Å². The summed E-state index contributed by atoms with van der Waals surface area (Å²) in [6, 6.07) is 0.417. The van der Waals surface area contributed by atoms with Crippen molar-refractivity contribution in [3.8, 4) is 0 Å². The zero-order valence-corrected chi connectivity index (χ0v) is 13.4. The molecule has 3 unspecified atom stereocenters. The van der Waals surface area contributed by atoms with Gasteiger partial charge in [-0.2, -0.15) is 4.98 Å². The fourth-order valence-corrected chi connectivity index (χ4v) is 3.19. The maximum absolute atomic E-state index is 5.47. The number of likely N-dealkylation sites (N-methyl/N-ethyl adjacent to an activating group) is 1. The zero-order chi connectivity index (χ0) is 14.5. The predicted octanol–water partition coefficient (Wildman–Crippen LogP) is 3.54. The van der Waals surface area contributed by atoms with Gasteiger partial charge in [0.05, 0.1) is 0 Å². The van der Waals surface area contributed by atoms with Crippen molar-refractivity contribution in [3.05, 3.63) is 11.7 Å². The molecule has 1 heterocycles. The van der Waals surface area contributed by atoms with Crippen LogP contribution < -0.4 is 5.32 Å². The molecule has 0 aliphatic heterocycles. The summed E-state index contributed by atoms with van der Waals surface area (Å²) in [6.07, 6.45) is 5.88. The Balaban J connectivity index is 1.95. The van der Waals surface area contributed by atoms with Gasteiger partial charge in [-0.05, 0) is 37.6 Å². The fourth-order valence-electron chi connectivity index (χ4n) is 3.19. The van der Waals surface area contributed by atoms with Crippen LogP contribution in [0.3, 0.4) is 0 Å². The SMILES string of the molecule is CCNC(Cc1nc(C2CCC(CC)C2)no1)C(C)C. The highest BCUT2D eigenvalue weighted by molar-refractivity contribution is 5.00. The highest BCUT2D eigenvalue weighted by Crippen LogP contribution is 2.38. The second-order valence-corrected chi connectivity index (χ2v) is 6.44. The molecule has 20 heavy (non-hydrogen) atoms. The maximum Gasteiger partial charge on any atom is 0.228 e. The third-order valence-corrected chi connectivity index (χ3v) is 4.63. The molecule has 1 fully saturated rings. The molecule has 0 amide bonds. The van der Waals surface area contributed by atoms with E-state index in [1.807, 2.05) is 0 Å². The lowest BCUT2D eigenvalue weighted by molar-refractivity contribution is 0.325. The average Bonchev–Trinajstić information content (AvgIpc) is 3.06. The highest BCUT2D eigenvalue weighted by atomic mass is 16.5. The normalized spacial score (nSPS) is 24.4. The molecule has 1 aromatic heterocycles. The number of hydrogen-bond donors (Lipinski definition) is 1. The molecule has 0 aromatic carbocycles. The van der Waals surface area contributed by atoms with Crippen LogP contribution in [0.2, 0.25) is 0 Å².